The molecule has 1 N–H and O–H groups in total. The second-order valence-corrected chi connectivity index (χ2v) is 5.86. The molecule has 1 aliphatic rings. The van der Waals surface area contributed by atoms with E-state index in [1.165, 1.54) is 12.8 Å². The molecule has 0 radical (unpaired) electrons. The highest BCUT2D eigenvalue weighted by Gasteiger charge is 2.13. The zero-order valence-electron chi connectivity index (χ0n) is 14.5. The van der Waals surface area contributed by atoms with Gasteiger partial charge in [-0.3, -0.25) is 4.79 Å². The smallest absolute Gasteiger partial charge is 0.338 e. The summed E-state index contributed by atoms with van der Waals surface area (Å²) in [5.74, 6) is -0.852. The van der Waals surface area contributed by atoms with Gasteiger partial charge < -0.3 is 15.0 Å². The molecule has 6 heteroatoms. The molecule has 6 nitrogen and oxygen atoms in total. The van der Waals surface area contributed by atoms with E-state index in [9.17, 15) is 14.9 Å². The molecule has 0 saturated carbocycles. The van der Waals surface area contributed by atoms with Gasteiger partial charge >= 0.3 is 5.97 Å². The van der Waals surface area contributed by atoms with Gasteiger partial charge in [-0.1, -0.05) is 12.8 Å². The van der Waals surface area contributed by atoms with Gasteiger partial charge in [-0.25, -0.2) is 4.79 Å². The molecule has 2 rings (SSSR count). The maximum absolute atomic E-state index is 12.3. The molecule has 132 valence electrons. The van der Waals surface area contributed by atoms with Crippen LogP contribution in [0.1, 0.15) is 43.0 Å². The number of benzene rings is 1. The maximum atomic E-state index is 12.3. The number of nitriles is 1. The summed E-state index contributed by atoms with van der Waals surface area (Å²) in [4.78, 5) is 26.0. The number of carbonyl (C=O) groups is 2. The minimum atomic E-state index is -0.448. The predicted molar refractivity (Wildman–Crippen MR) is 94.8 cm³/mol. The number of carbonyl (C=O) groups excluding carboxylic acids is 2. The molecular weight excluding hydrogens is 318 g/mol. The number of hydrogen-bond acceptors (Lipinski definition) is 5. The Hall–Kier alpha value is -2.81. The Kier molecular flexibility index (Phi) is 7.02. The van der Waals surface area contributed by atoms with Gasteiger partial charge in [-0.05, 0) is 44.0 Å². The lowest BCUT2D eigenvalue weighted by Gasteiger charge is -2.17. The molecule has 25 heavy (non-hydrogen) atoms. The van der Waals surface area contributed by atoms with Crippen molar-refractivity contribution in [2.45, 2.75) is 32.6 Å². The summed E-state index contributed by atoms with van der Waals surface area (Å²) in [5, 5.41) is 12.0. The molecule has 1 saturated heterocycles. The number of nitrogens with one attached hydrogen (secondary N) is 1. The van der Waals surface area contributed by atoms with Crippen LogP contribution in [0.15, 0.2) is 36.0 Å². The van der Waals surface area contributed by atoms with Gasteiger partial charge in [0.25, 0.3) is 5.91 Å². The highest BCUT2D eigenvalue weighted by Crippen LogP contribution is 2.14. The molecule has 0 atom stereocenters. The monoisotopic (exact) mass is 341 g/mol. The molecule has 0 aromatic heterocycles. The molecule has 1 amide bonds. The van der Waals surface area contributed by atoms with Crippen molar-refractivity contribution in [2.24, 2.45) is 0 Å². The van der Waals surface area contributed by atoms with Gasteiger partial charge in [0, 0.05) is 25.0 Å². The van der Waals surface area contributed by atoms with E-state index < -0.39 is 11.9 Å². The number of ether oxygens (including phenoxy) is 1. The van der Waals surface area contributed by atoms with Crippen molar-refractivity contribution in [2.75, 3.05) is 25.0 Å². The van der Waals surface area contributed by atoms with Crippen LogP contribution >= 0.6 is 0 Å². The third kappa shape index (κ3) is 5.64. The van der Waals surface area contributed by atoms with Crippen molar-refractivity contribution >= 4 is 17.6 Å². The number of nitrogens with zero attached hydrogens (tertiary/aromatic N) is 2. The van der Waals surface area contributed by atoms with Crippen LogP contribution in [0.5, 0.6) is 0 Å². The Morgan fingerprint density at radius 2 is 1.84 bits per heavy atom. The van der Waals surface area contributed by atoms with Gasteiger partial charge in [0.2, 0.25) is 0 Å². The van der Waals surface area contributed by atoms with Gasteiger partial charge in [-0.15, -0.1) is 0 Å². The Balaban J connectivity index is 2.01. The molecule has 1 fully saturated rings. The van der Waals surface area contributed by atoms with Crippen molar-refractivity contribution in [1.82, 2.24) is 4.90 Å². The lowest BCUT2D eigenvalue weighted by atomic mass is 10.2. The number of rotatable bonds is 5. The van der Waals surface area contributed by atoms with E-state index in [4.69, 9.17) is 4.74 Å². The number of amides is 1. The third-order valence-corrected chi connectivity index (χ3v) is 3.97. The van der Waals surface area contributed by atoms with Gasteiger partial charge in [0.1, 0.15) is 11.6 Å². The fraction of sp³-hybridized carbons (Fsp3) is 0.421. The van der Waals surface area contributed by atoms with Crippen molar-refractivity contribution in [3.63, 3.8) is 0 Å². The van der Waals surface area contributed by atoms with Crippen LogP contribution < -0.4 is 5.32 Å². The maximum Gasteiger partial charge on any atom is 0.338 e. The van der Waals surface area contributed by atoms with E-state index in [0.29, 0.717) is 17.9 Å². The zero-order valence-corrected chi connectivity index (χ0v) is 14.5. The topological polar surface area (TPSA) is 82.4 Å². The van der Waals surface area contributed by atoms with Gasteiger partial charge in [0.05, 0.1) is 12.2 Å². The Morgan fingerprint density at radius 1 is 1.20 bits per heavy atom. The van der Waals surface area contributed by atoms with E-state index in [-0.39, 0.29) is 5.57 Å². The number of likely N-dealkylation sites (tertiary alicyclic amines) is 1. The molecule has 1 aromatic carbocycles. The molecule has 0 aliphatic carbocycles. The lowest BCUT2D eigenvalue weighted by Crippen LogP contribution is -2.22. The van der Waals surface area contributed by atoms with Crippen LogP contribution in [-0.2, 0) is 9.53 Å². The van der Waals surface area contributed by atoms with Crippen LogP contribution in [0, 0.1) is 11.3 Å². The quantitative estimate of drug-likeness (QED) is 0.505. The first kappa shape index (κ1) is 18.5. The van der Waals surface area contributed by atoms with Crippen LogP contribution in [0.3, 0.4) is 0 Å². The van der Waals surface area contributed by atoms with Crippen LogP contribution in [-0.4, -0.2) is 36.5 Å². The van der Waals surface area contributed by atoms with Gasteiger partial charge in [0.15, 0.2) is 0 Å². The lowest BCUT2D eigenvalue weighted by molar-refractivity contribution is -0.112. The van der Waals surface area contributed by atoms with E-state index in [0.717, 1.165) is 25.9 Å². The number of hydrogen-bond donors (Lipinski definition) is 1. The van der Waals surface area contributed by atoms with E-state index in [1.54, 1.807) is 37.4 Å². The molecule has 1 aromatic rings. The van der Waals surface area contributed by atoms with Gasteiger partial charge in [-0.2, -0.15) is 5.26 Å². The molecule has 0 bridgehead atoms. The van der Waals surface area contributed by atoms with E-state index in [1.807, 2.05) is 11.0 Å². The fourth-order valence-corrected chi connectivity index (χ4v) is 2.65. The average molecular weight is 341 g/mol. The normalized spacial score (nSPS) is 15.0. The first-order valence-electron chi connectivity index (χ1n) is 8.58. The summed E-state index contributed by atoms with van der Waals surface area (Å²) in [7, 11) is 0. The summed E-state index contributed by atoms with van der Waals surface area (Å²) in [6.45, 7) is 3.79. The van der Waals surface area contributed by atoms with Crippen LogP contribution in [0.4, 0.5) is 5.69 Å². The summed E-state index contributed by atoms with van der Waals surface area (Å²) in [5.41, 5.74) is 1.02. The summed E-state index contributed by atoms with van der Waals surface area (Å²) < 4.78 is 4.92. The highest BCUT2D eigenvalue weighted by molar-refractivity contribution is 6.06. The summed E-state index contributed by atoms with van der Waals surface area (Å²) in [6, 6.07) is 8.36. The summed E-state index contributed by atoms with van der Waals surface area (Å²) >= 11 is 0. The molecule has 0 unspecified atom stereocenters. The van der Waals surface area contributed by atoms with Crippen LogP contribution in [0.2, 0.25) is 0 Å². The minimum Gasteiger partial charge on any atom is -0.462 e. The molecular formula is C19H23N3O3. The number of anilines is 1. The second kappa shape index (κ2) is 9.48. The Morgan fingerprint density at radius 3 is 2.40 bits per heavy atom. The van der Waals surface area contributed by atoms with Crippen molar-refractivity contribution < 1.29 is 14.3 Å². The summed E-state index contributed by atoms with van der Waals surface area (Å²) in [6.07, 6.45) is 6.17. The standard InChI is InChI=1S/C19H23N3O3/c1-2-25-19(24)15-7-9-17(10-8-15)21-18(23)16(13-20)14-22-11-5-3-4-6-12-22/h7-10,14H,2-6,11-12H2,1H3,(H,21,23)/b16-14-. The minimum absolute atomic E-state index is 0.0800. The average Bonchev–Trinajstić information content (AvgIpc) is 2.89. The number of esters is 1. The fourth-order valence-electron chi connectivity index (χ4n) is 2.65. The largest absolute Gasteiger partial charge is 0.462 e. The van der Waals surface area contributed by atoms with E-state index in [2.05, 4.69) is 5.32 Å². The first-order chi connectivity index (χ1) is 12.1. The van der Waals surface area contributed by atoms with Crippen molar-refractivity contribution in [3.05, 3.63) is 41.6 Å². The van der Waals surface area contributed by atoms with E-state index >= 15 is 0 Å². The Bertz CT molecular complexity index is 666. The molecule has 1 aliphatic heterocycles. The first-order valence-corrected chi connectivity index (χ1v) is 8.58. The predicted octanol–water partition coefficient (Wildman–Crippen LogP) is 3.09. The second-order valence-electron chi connectivity index (χ2n) is 5.86. The Labute approximate surface area is 148 Å². The molecule has 0 spiro atoms. The SMILES string of the molecule is CCOC(=O)c1ccc(NC(=O)/C(C#N)=C\N2CCCCCC2)cc1. The van der Waals surface area contributed by atoms with Crippen LogP contribution in [0.25, 0.3) is 0 Å². The molecule has 1 heterocycles. The zero-order chi connectivity index (χ0) is 18.1. The van der Waals surface area contributed by atoms with Crippen molar-refractivity contribution in [3.8, 4) is 6.07 Å². The third-order valence-electron chi connectivity index (χ3n) is 3.97. The highest BCUT2D eigenvalue weighted by atomic mass is 16.5. The van der Waals surface area contributed by atoms with Crippen molar-refractivity contribution in [1.29, 1.82) is 5.26 Å².